The van der Waals surface area contributed by atoms with Crippen molar-refractivity contribution in [3.63, 3.8) is 0 Å². The lowest BCUT2D eigenvalue weighted by Gasteiger charge is -2.13. The van der Waals surface area contributed by atoms with Crippen molar-refractivity contribution in [2.24, 2.45) is 0 Å². The molecule has 1 atom stereocenters. The summed E-state index contributed by atoms with van der Waals surface area (Å²) in [4.78, 5) is 0. The normalized spacial score (nSPS) is 12.6. The standard InChI is InChI=1S/C14H20N4O/c1-11-3-5-13(6-4-11)12(2)15-9-14-10-18(7-8-19)17-16-14/h3-6,10,12,15,19H,7-9H2,1-2H3. The fourth-order valence-electron chi connectivity index (χ4n) is 1.86. The Morgan fingerprint density at radius 2 is 2.05 bits per heavy atom. The highest BCUT2D eigenvalue weighted by Gasteiger charge is 2.06. The van der Waals surface area contributed by atoms with E-state index < -0.39 is 0 Å². The topological polar surface area (TPSA) is 63.0 Å². The van der Waals surface area contributed by atoms with Gasteiger partial charge < -0.3 is 10.4 Å². The molecule has 2 aromatic rings. The van der Waals surface area contributed by atoms with E-state index >= 15 is 0 Å². The zero-order valence-electron chi connectivity index (χ0n) is 11.4. The molecule has 102 valence electrons. The van der Waals surface area contributed by atoms with Crippen molar-refractivity contribution in [2.75, 3.05) is 6.61 Å². The second kappa shape index (κ2) is 6.45. The lowest BCUT2D eigenvalue weighted by atomic mass is 10.1. The molecule has 0 aliphatic carbocycles. The van der Waals surface area contributed by atoms with Crippen LogP contribution >= 0.6 is 0 Å². The van der Waals surface area contributed by atoms with E-state index in [1.165, 1.54) is 11.1 Å². The van der Waals surface area contributed by atoms with Gasteiger partial charge in [-0.25, -0.2) is 4.68 Å². The molecule has 0 fully saturated rings. The fourth-order valence-corrected chi connectivity index (χ4v) is 1.86. The first kappa shape index (κ1) is 13.7. The van der Waals surface area contributed by atoms with Gasteiger partial charge in [0.2, 0.25) is 0 Å². The lowest BCUT2D eigenvalue weighted by Crippen LogP contribution is -2.18. The second-order valence-corrected chi connectivity index (χ2v) is 4.71. The Hall–Kier alpha value is -1.72. The quantitative estimate of drug-likeness (QED) is 0.824. The molecule has 0 aliphatic rings. The molecule has 0 saturated heterocycles. The van der Waals surface area contributed by atoms with Crippen LogP contribution in [0.1, 0.15) is 29.8 Å². The Morgan fingerprint density at radius 1 is 1.32 bits per heavy atom. The average Bonchev–Trinajstić information content (AvgIpc) is 2.85. The van der Waals surface area contributed by atoms with Crippen molar-refractivity contribution in [3.05, 3.63) is 47.3 Å². The molecular formula is C14H20N4O. The van der Waals surface area contributed by atoms with Crippen molar-refractivity contribution < 1.29 is 5.11 Å². The van der Waals surface area contributed by atoms with E-state index in [9.17, 15) is 0 Å². The van der Waals surface area contributed by atoms with E-state index in [-0.39, 0.29) is 12.6 Å². The SMILES string of the molecule is Cc1ccc(C(C)NCc2cn(CCO)nn2)cc1. The van der Waals surface area contributed by atoms with Gasteiger partial charge >= 0.3 is 0 Å². The average molecular weight is 260 g/mol. The molecule has 2 N–H and O–H groups in total. The van der Waals surface area contributed by atoms with Gasteiger partial charge in [-0.05, 0) is 19.4 Å². The van der Waals surface area contributed by atoms with Gasteiger partial charge in [-0.2, -0.15) is 0 Å². The predicted octanol–water partition coefficient (Wildman–Crippen LogP) is 1.43. The minimum absolute atomic E-state index is 0.0794. The van der Waals surface area contributed by atoms with Crippen LogP contribution < -0.4 is 5.32 Å². The number of aromatic nitrogens is 3. The van der Waals surface area contributed by atoms with Crippen molar-refractivity contribution >= 4 is 0 Å². The molecule has 1 unspecified atom stereocenters. The fraction of sp³-hybridized carbons (Fsp3) is 0.429. The Bertz CT molecular complexity index is 506. The first-order valence-electron chi connectivity index (χ1n) is 6.49. The third-order valence-corrected chi connectivity index (χ3v) is 3.08. The molecule has 1 aromatic heterocycles. The van der Waals surface area contributed by atoms with Crippen LogP contribution in [0.4, 0.5) is 0 Å². The molecule has 19 heavy (non-hydrogen) atoms. The maximum absolute atomic E-state index is 8.81. The Kier molecular flexibility index (Phi) is 4.65. The highest BCUT2D eigenvalue weighted by Crippen LogP contribution is 2.13. The smallest absolute Gasteiger partial charge is 0.0965 e. The van der Waals surface area contributed by atoms with Crippen molar-refractivity contribution in [1.82, 2.24) is 20.3 Å². The van der Waals surface area contributed by atoms with E-state index in [1.807, 2.05) is 6.20 Å². The van der Waals surface area contributed by atoms with E-state index in [0.717, 1.165) is 5.69 Å². The first-order valence-corrected chi connectivity index (χ1v) is 6.49. The predicted molar refractivity (Wildman–Crippen MR) is 73.5 cm³/mol. The summed E-state index contributed by atoms with van der Waals surface area (Å²) in [7, 11) is 0. The zero-order valence-corrected chi connectivity index (χ0v) is 11.4. The zero-order chi connectivity index (χ0) is 13.7. The summed E-state index contributed by atoms with van der Waals surface area (Å²) in [6.45, 7) is 5.45. The molecule has 0 amide bonds. The molecule has 1 aromatic carbocycles. The van der Waals surface area contributed by atoms with Crippen LogP contribution in [0, 0.1) is 6.92 Å². The van der Waals surface area contributed by atoms with E-state index in [4.69, 9.17) is 5.11 Å². The third kappa shape index (κ3) is 3.87. The van der Waals surface area contributed by atoms with Gasteiger partial charge in [0.15, 0.2) is 0 Å². The highest BCUT2D eigenvalue weighted by atomic mass is 16.3. The largest absolute Gasteiger partial charge is 0.394 e. The number of hydrogen-bond donors (Lipinski definition) is 2. The van der Waals surface area contributed by atoms with Gasteiger partial charge in [-0.3, -0.25) is 0 Å². The molecule has 0 aliphatic heterocycles. The minimum atomic E-state index is 0.0794. The number of aryl methyl sites for hydroxylation is 1. The summed E-state index contributed by atoms with van der Waals surface area (Å²) in [6, 6.07) is 8.77. The summed E-state index contributed by atoms with van der Waals surface area (Å²) >= 11 is 0. The third-order valence-electron chi connectivity index (χ3n) is 3.08. The number of rotatable bonds is 6. The van der Waals surface area contributed by atoms with Gasteiger partial charge in [0.25, 0.3) is 0 Å². The van der Waals surface area contributed by atoms with Crippen LogP contribution in [0.25, 0.3) is 0 Å². The van der Waals surface area contributed by atoms with Crippen LogP contribution in [-0.4, -0.2) is 26.7 Å². The minimum Gasteiger partial charge on any atom is -0.394 e. The number of hydrogen-bond acceptors (Lipinski definition) is 4. The van der Waals surface area contributed by atoms with E-state index in [0.29, 0.717) is 13.1 Å². The number of aliphatic hydroxyl groups excluding tert-OH is 1. The number of aliphatic hydroxyl groups is 1. The van der Waals surface area contributed by atoms with Gasteiger partial charge in [0.1, 0.15) is 0 Å². The molecule has 1 heterocycles. The van der Waals surface area contributed by atoms with Crippen LogP contribution in [0.15, 0.2) is 30.5 Å². The summed E-state index contributed by atoms with van der Waals surface area (Å²) < 4.78 is 1.65. The number of benzene rings is 1. The molecule has 0 bridgehead atoms. The van der Waals surface area contributed by atoms with E-state index in [1.54, 1.807) is 4.68 Å². The molecular weight excluding hydrogens is 240 g/mol. The second-order valence-electron chi connectivity index (χ2n) is 4.71. The number of nitrogens with one attached hydrogen (secondary N) is 1. The maximum Gasteiger partial charge on any atom is 0.0965 e. The van der Waals surface area contributed by atoms with Crippen LogP contribution in [-0.2, 0) is 13.1 Å². The molecule has 0 spiro atoms. The van der Waals surface area contributed by atoms with Crippen molar-refractivity contribution in [2.45, 2.75) is 33.0 Å². The van der Waals surface area contributed by atoms with Gasteiger partial charge in [-0.1, -0.05) is 35.0 Å². The summed E-state index contributed by atoms with van der Waals surface area (Å²) in [5, 5.41) is 20.2. The molecule has 0 radical (unpaired) electrons. The van der Waals surface area contributed by atoms with Gasteiger partial charge in [0.05, 0.1) is 18.8 Å². The van der Waals surface area contributed by atoms with Gasteiger partial charge in [0, 0.05) is 18.8 Å². The Labute approximate surface area is 113 Å². The highest BCUT2D eigenvalue weighted by molar-refractivity contribution is 5.23. The molecule has 5 heteroatoms. The van der Waals surface area contributed by atoms with E-state index in [2.05, 4.69) is 53.7 Å². The number of nitrogens with zero attached hydrogens (tertiary/aromatic N) is 3. The Balaban J connectivity index is 1.88. The van der Waals surface area contributed by atoms with Crippen LogP contribution in [0.2, 0.25) is 0 Å². The maximum atomic E-state index is 8.81. The summed E-state index contributed by atoms with van der Waals surface area (Å²) in [6.07, 6.45) is 1.85. The van der Waals surface area contributed by atoms with Crippen LogP contribution in [0.5, 0.6) is 0 Å². The van der Waals surface area contributed by atoms with Gasteiger partial charge in [-0.15, -0.1) is 5.10 Å². The van der Waals surface area contributed by atoms with Crippen molar-refractivity contribution in [1.29, 1.82) is 0 Å². The van der Waals surface area contributed by atoms with Crippen LogP contribution in [0.3, 0.4) is 0 Å². The summed E-state index contributed by atoms with van der Waals surface area (Å²) in [5.41, 5.74) is 3.41. The first-order chi connectivity index (χ1) is 9.19. The molecule has 5 nitrogen and oxygen atoms in total. The monoisotopic (exact) mass is 260 g/mol. The Morgan fingerprint density at radius 3 is 2.74 bits per heavy atom. The summed E-state index contributed by atoms with van der Waals surface area (Å²) in [5.74, 6) is 0. The van der Waals surface area contributed by atoms with Crippen molar-refractivity contribution in [3.8, 4) is 0 Å². The molecule has 2 rings (SSSR count). The lowest BCUT2D eigenvalue weighted by molar-refractivity contribution is 0.268. The molecule has 0 saturated carbocycles.